The minimum absolute atomic E-state index is 0.0715. The van der Waals surface area contributed by atoms with Crippen molar-refractivity contribution in [3.05, 3.63) is 38.9 Å². The van der Waals surface area contributed by atoms with Crippen LogP contribution in [0.15, 0.2) is 18.2 Å². The zero-order valence-electron chi connectivity index (χ0n) is 9.72. The molecular formula is C11H13ClN2O4. The average Bonchev–Trinajstić information content (AvgIpc) is 2.34. The molecule has 0 saturated heterocycles. The lowest BCUT2D eigenvalue weighted by Gasteiger charge is -2.09. The van der Waals surface area contributed by atoms with Gasteiger partial charge >= 0.3 is 0 Å². The van der Waals surface area contributed by atoms with E-state index in [0.29, 0.717) is 0 Å². The topological polar surface area (TPSA) is 92.5 Å². The summed E-state index contributed by atoms with van der Waals surface area (Å²) in [6.07, 6.45) is 0. The molecule has 1 unspecified atom stereocenters. The van der Waals surface area contributed by atoms with Crippen LogP contribution in [0.5, 0.6) is 0 Å². The molecule has 0 fully saturated rings. The molecule has 1 aromatic carbocycles. The molecule has 7 heteroatoms. The summed E-state index contributed by atoms with van der Waals surface area (Å²) in [6.45, 7) is 1.91. The molecule has 0 heterocycles. The highest BCUT2D eigenvalue weighted by Crippen LogP contribution is 2.22. The second-order valence-electron chi connectivity index (χ2n) is 3.92. The van der Waals surface area contributed by atoms with Gasteiger partial charge in [0.25, 0.3) is 11.6 Å². The first-order valence-corrected chi connectivity index (χ1v) is 5.66. The predicted octanol–water partition coefficient (Wildman–Crippen LogP) is 1.61. The lowest BCUT2D eigenvalue weighted by molar-refractivity contribution is -0.385. The van der Waals surface area contributed by atoms with Crippen molar-refractivity contribution < 1.29 is 14.8 Å². The summed E-state index contributed by atoms with van der Waals surface area (Å²) in [4.78, 5) is 21.9. The summed E-state index contributed by atoms with van der Waals surface area (Å²) in [7, 11) is 0. The van der Waals surface area contributed by atoms with Crippen LogP contribution in [0.4, 0.5) is 5.69 Å². The Bertz CT molecular complexity index is 464. The van der Waals surface area contributed by atoms with Gasteiger partial charge in [-0.3, -0.25) is 14.9 Å². The van der Waals surface area contributed by atoms with Crippen LogP contribution in [0.3, 0.4) is 0 Å². The Kier molecular flexibility index (Phi) is 5.06. The quantitative estimate of drug-likeness (QED) is 0.629. The van der Waals surface area contributed by atoms with Crippen molar-refractivity contribution in [1.29, 1.82) is 0 Å². The van der Waals surface area contributed by atoms with Crippen LogP contribution in [-0.2, 0) is 0 Å². The predicted molar refractivity (Wildman–Crippen MR) is 66.7 cm³/mol. The maximum Gasteiger partial charge on any atom is 0.282 e. The molecule has 1 amide bonds. The summed E-state index contributed by atoms with van der Waals surface area (Å²) < 4.78 is 0. The molecule has 0 aliphatic rings. The first-order valence-electron chi connectivity index (χ1n) is 5.28. The number of hydrogen-bond acceptors (Lipinski definition) is 4. The zero-order chi connectivity index (χ0) is 13.7. The molecule has 0 spiro atoms. The van der Waals surface area contributed by atoms with Gasteiger partial charge in [-0.05, 0) is 18.1 Å². The smallest absolute Gasteiger partial charge is 0.282 e. The van der Waals surface area contributed by atoms with Gasteiger partial charge in [-0.25, -0.2) is 0 Å². The average molecular weight is 273 g/mol. The number of halogens is 1. The number of amides is 1. The van der Waals surface area contributed by atoms with Crippen LogP contribution in [0.2, 0.25) is 5.02 Å². The van der Waals surface area contributed by atoms with Gasteiger partial charge in [-0.15, -0.1) is 0 Å². The van der Waals surface area contributed by atoms with Gasteiger partial charge in [0.15, 0.2) is 0 Å². The number of hydrogen-bond donors (Lipinski definition) is 2. The summed E-state index contributed by atoms with van der Waals surface area (Å²) in [5.74, 6) is -0.698. The van der Waals surface area contributed by atoms with E-state index in [1.807, 2.05) is 0 Å². The number of aliphatic hydroxyl groups excluding tert-OH is 1. The zero-order valence-corrected chi connectivity index (χ0v) is 10.5. The van der Waals surface area contributed by atoms with Crippen molar-refractivity contribution in [3.63, 3.8) is 0 Å². The van der Waals surface area contributed by atoms with E-state index in [9.17, 15) is 14.9 Å². The Labute approximate surface area is 109 Å². The molecule has 0 aliphatic carbocycles. The molecule has 0 aromatic heterocycles. The molecule has 18 heavy (non-hydrogen) atoms. The number of rotatable bonds is 5. The highest BCUT2D eigenvalue weighted by molar-refractivity contribution is 6.31. The first-order chi connectivity index (χ1) is 8.45. The fourth-order valence-electron chi connectivity index (χ4n) is 1.28. The molecule has 6 nitrogen and oxygen atoms in total. The van der Waals surface area contributed by atoms with Crippen LogP contribution in [0.25, 0.3) is 0 Å². The summed E-state index contributed by atoms with van der Waals surface area (Å²) in [5, 5.41) is 22.4. The number of carbonyl (C=O) groups excluding carboxylic acids is 1. The number of nitro benzene ring substituents is 1. The van der Waals surface area contributed by atoms with Gasteiger partial charge in [-0.2, -0.15) is 0 Å². The van der Waals surface area contributed by atoms with Gasteiger partial charge in [0.2, 0.25) is 0 Å². The van der Waals surface area contributed by atoms with E-state index < -0.39 is 10.8 Å². The van der Waals surface area contributed by atoms with Crippen molar-refractivity contribution in [2.75, 3.05) is 13.2 Å². The molecular weight excluding hydrogens is 260 g/mol. The standard InChI is InChI=1S/C11H13ClN2O4/c1-7(6-15)5-13-11(16)9-4-8(12)2-3-10(9)14(17)18/h2-4,7,15H,5-6H2,1H3,(H,13,16). The van der Waals surface area contributed by atoms with E-state index in [-0.39, 0.29) is 35.3 Å². The van der Waals surface area contributed by atoms with Crippen LogP contribution in [0, 0.1) is 16.0 Å². The molecule has 1 rings (SSSR count). The van der Waals surface area contributed by atoms with Crippen LogP contribution in [0.1, 0.15) is 17.3 Å². The summed E-state index contributed by atoms with van der Waals surface area (Å²) >= 11 is 5.71. The maximum absolute atomic E-state index is 11.8. The molecule has 1 atom stereocenters. The number of nitrogens with zero attached hydrogens (tertiary/aromatic N) is 1. The molecule has 2 N–H and O–H groups in total. The van der Waals surface area contributed by atoms with Crippen LogP contribution >= 0.6 is 11.6 Å². The lowest BCUT2D eigenvalue weighted by atomic mass is 10.1. The number of nitrogens with one attached hydrogen (secondary N) is 1. The molecule has 0 aliphatic heterocycles. The monoisotopic (exact) mass is 272 g/mol. The highest BCUT2D eigenvalue weighted by Gasteiger charge is 2.20. The van der Waals surface area contributed by atoms with E-state index in [2.05, 4.69) is 5.32 Å². The maximum atomic E-state index is 11.8. The minimum Gasteiger partial charge on any atom is -0.396 e. The number of aliphatic hydroxyl groups is 1. The van der Waals surface area contributed by atoms with E-state index in [4.69, 9.17) is 16.7 Å². The minimum atomic E-state index is -0.638. The van der Waals surface area contributed by atoms with Gasteiger partial charge in [-0.1, -0.05) is 18.5 Å². The molecule has 0 radical (unpaired) electrons. The van der Waals surface area contributed by atoms with E-state index in [1.165, 1.54) is 18.2 Å². The Hall–Kier alpha value is -1.66. The second-order valence-corrected chi connectivity index (χ2v) is 4.35. The van der Waals surface area contributed by atoms with Gasteiger partial charge in [0.05, 0.1) is 4.92 Å². The van der Waals surface area contributed by atoms with Gasteiger partial charge in [0, 0.05) is 24.2 Å². The fraction of sp³-hybridized carbons (Fsp3) is 0.364. The molecule has 98 valence electrons. The number of nitro groups is 1. The van der Waals surface area contributed by atoms with Crippen molar-refractivity contribution in [1.82, 2.24) is 5.32 Å². The number of carbonyl (C=O) groups is 1. The van der Waals surface area contributed by atoms with Crippen molar-refractivity contribution in [3.8, 4) is 0 Å². The van der Waals surface area contributed by atoms with E-state index >= 15 is 0 Å². The highest BCUT2D eigenvalue weighted by atomic mass is 35.5. The third kappa shape index (κ3) is 3.68. The van der Waals surface area contributed by atoms with Crippen LogP contribution in [-0.4, -0.2) is 29.1 Å². The molecule has 0 bridgehead atoms. The molecule has 0 saturated carbocycles. The summed E-state index contributed by atoms with van der Waals surface area (Å²) in [5.41, 5.74) is -0.383. The van der Waals surface area contributed by atoms with Crippen molar-refractivity contribution >= 4 is 23.2 Å². The summed E-state index contributed by atoms with van der Waals surface area (Å²) in [6, 6.07) is 3.79. The largest absolute Gasteiger partial charge is 0.396 e. The Morgan fingerprint density at radius 2 is 2.28 bits per heavy atom. The van der Waals surface area contributed by atoms with Gasteiger partial charge < -0.3 is 10.4 Å². The van der Waals surface area contributed by atoms with Crippen molar-refractivity contribution in [2.45, 2.75) is 6.92 Å². The lowest BCUT2D eigenvalue weighted by Crippen LogP contribution is -2.30. The Balaban J connectivity index is 2.90. The van der Waals surface area contributed by atoms with Crippen molar-refractivity contribution in [2.24, 2.45) is 5.92 Å². The Morgan fingerprint density at radius 1 is 1.61 bits per heavy atom. The second kappa shape index (κ2) is 6.32. The van der Waals surface area contributed by atoms with E-state index in [1.54, 1.807) is 6.92 Å². The van der Waals surface area contributed by atoms with E-state index in [0.717, 1.165) is 0 Å². The molecule has 1 aromatic rings. The first kappa shape index (κ1) is 14.4. The normalized spacial score (nSPS) is 11.9. The number of benzene rings is 1. The third-order valence-electron chi connectivity index (χ3n) is 2.32. The van der Waals surface area contributed by atoms with Gasteiger partial charge in [0.1, 0.15) is 5.56 Å². The SMILES string of the molecule is CC(CO)CNC(=O)c1cc(Cl)ccc1[N+](=O)[O-]. The van der Waals surface area contributed by atoms with Crippen LogP contribution < -0.4 is 5.32 Å². The third-order valence-corrected chi connectivity index (χ3v) is 2.56. The fourth-order valence-corrected chi connectivity index (χ4v) is 1.45. The Morgan fingerprint density at radius 3 is 2.83 bits per heavy atom.